The summed E-state index contributed by atoms with van der Waals surface area (Å²) in [6, 6.07) is 8.89. The van der Waals surface area contributed by atoms with Crippen molar-refractivity contribution in [3.63, 3.8) is 0 Å². The second-order valence-corrected chi connectivity index (χ2v) is 5.78. The predicted octanol–water partition coefficient (Wildman–Crippen LogP) is 4.08. The molecule has 3 rings (SSSR count). The summed E-state index contributed by atoms with van der Waals surface area (Å²) in [5, 5.41) is 0. The minimum absolute atomic E-state index is 0.773. The van der Waals surface area contributed by atoms with E-state index in [1.807, 2.05) is 0 Å². The molecule has 1 aromatic carbocycles. The van der Waals surface area contributed by atoms with Gasteiger partial charge in [-0.2, -0.15) is 0 Å². The Labute approximate surface area is 115 Å². The number of hydrogen-bond acceptors (Lipinski definition) is 1. The van der Waals surface area contributed by atoms with Gasteiger partial charge in [-0.3, -0.25) is 0 Å². The lowest BCUT2D eigenvalue weighted by Gasteiger charge is -2.18. The Kier molecular flexibility index (Phi) is 3.41. The molecule has 1 atom stereocenters. The minimum atomic E-state index is 0.773. The van der Waals surface area contributed by atoms with Crippen LogP contribution in [0.5, 0.6) is 0 Å². The van der Waals surface area contributed by atoms with Crippen LogP contribution in [0, 0.1) is 5.92 Å². The van der Waals surface area contributed by atoms with Gasteiger partial charge >= 0.3 is 0 Å². The Balaban J connectivity index is 1.86. The van der Waals surface area contributed by atoms with E-state index in [2.05, 4.69) is 48.9 Å². The van der Waals surface area contributed by atoms with E-state index in [1.165, 1.54) is 29.8 Å². The summed E-state index contributed by atoms with van der Waals surface area (Å²) >= 11 is 0. The molecule has 0 saturated heterocycles. The molecule has 2 nitrogen and oxygen atoms in total. The highest BCUT2D eigenvalue weighted by Crippen LogP contribution is 2.25. The first-order valence-corrected chi connectivity index (χ1v) is 7.41. The molecule has 0 fully saturated rings. The van der Waals surface area contributed by atoms with Crippen LogP contribution >= 0.6 is 0 Å². The highest BCUT2D eigenvalue weighted by Gasteiger charge is 2.17. The minimum Gasteiger partial charge on any atom is -0.334 e. The maximum atomic E-state index is 4.81. The first-order chi connectivity index (χ1) is 9.26. The molecule has 1 aliphatic heterocycles. The molecule has 1 unspecified atom stereocenters. The Hall–Kier alpha value is -1.57. The number of rotatable bonds is 3. The van der Waals surface area contributed by atoms with E-state index < -0.39 is 0 Å². The van der Waals surface area contributed by atoms with E-state index in [1.54, 1.807) is 0 Å². The highest BCUT2D eigenvalue weighted by molar-refractivity contribution is 5.59. The second kappa shape index (κ2) is 5.20. The number of hydrogen-bond donors (Lipinski definition) is 0. The molecule has 1 aromatic heterocycles. The van der Waals surface area contributed by atoms with Gasteiger partial charge in [0.2, 0.25) is 0 Å². The molecule has 19 heavy (non-hydrogen) atoms. The number of aromatic nitrogens is 2. The lowest BCUT2D eigenvalue weighted by molar-refractivity contribution is 0.409. The predicted molar refractivity (Wildman–Crippen MR) is 79.1 cm³/mol. The average molecular weight is 254 g/mol. The van der Waals surface area contributed by atoms with Crippen molar-refractivity contribution in [3.8, 4) is 11.3 Å². The molecule has 0 amide bonds. The van der Waals surface area contributed by atoms with Crippen LogP contribution in [0.25, 0.3) is 11.3 Å². The molecule has 1 aliphatic rings. The molecule has 100 valence electrons. The van der Waals surface area contributed by atoms with E-state index in [0.717, 1.165) is 31.0 Å². The number of aryl methyl sites for hydroxylation is 2. The fraction of sp³-hybridized carbons (Fsp3) is 0.471. The van der Waals surface area contributed by atoms with Crippen LogP contribution in [0.2, 0.25) is 0 Å². The zero-order valence-corrected chi connectivity index (χ0v) is 11.9. The molecule has 0 saturated carbocycles. The van der Waals surface area contributed by atoms with Crippen LogP contribution in [-0.2, 0) is 19.4 Å². The number of imidazole rings is 1. The Morgan fingerprint density at radius 3 is 2.79 bits per heavy atom. The van der Waals surface area contributed by atoms with Crippen LogP contribution < -0.4 is 0 Å². The average Bonchev–Trinajstić information content (AvgIpc) is 2.83. The van der Waals surface area contributed by atoms with Gasteiger partial charge in [-0.1, -0.05) is 44.5 Å². The van der Waals surface area contributed by atoms with Gasteiger partial charge in [-0.15, -0.1) is 0 Å². The van der Waals surface area contributed by atoms with E-state index >= 15 is 0 Å². The molecule has 0 radical (unpaired) electrons. The van der Waals surface area contributed by atoms with E-state index in [9.17, 15) is 0 Å². The number of fused-ring (bicyclic) bond motifs is 1. The van der Waals surface area contributed by atoms with Gasteiger partial charge in [0.25, 0.3) is 0 Å². The van der Waals surface area contributed by atoms with E-state index in [-0.39, 0.29) is 0 Å². The van der Waals surface area contributed by atoms with Crippen molar-refractivity contribution in [2.45, 2.75) is 46.1 Å². The summed E-state index contributed by atoms with van der Waals surface area (Å²) in [5.74, 6) is 2.03. The Bertz CT molecular complexity index is 551. The van der Waals surface area contributed by atoms with Gasteiger partial charge in [0, 0.05) is 24.7 Å². The molecule has 0 aliphatic carbocycles. The molecular formula is C17H22N2. The van der Waals surface area contributed by atoms with E-state index in [0.29, 0.717) is 0 Å². The van der Waals surface area contributed by atoms with Crippen molar-refractivity contribution < 1.29 is 0 Å². The van der Waals surface area contributed by atoms with Gasteiger partial charge in [0.1, 0.15) is 5.82 Å². The Morgan fingerprint density at radius 1 is 1.26 bits per heavy atom. The largest absolute Gasteiger partial charge is 0.334 e. The molecule has 0 spiro atoms. The van der Waals surface area contributed by atoms with Gasteiger partial charge in [-0.05, 0) is 24.3 Å². The Morgan fingerprint density at radius 2 is 2.05 bits per heavy atom. The third-order valence-corrected chi connectivity index (χ3v) is 4.04. The van der Waals surface area contributed by atoms with Gasteiger partial charge in [0.15, 0.2) is 0 Å². The van der Waals surface area contributed by atoms with Crippen molar-refractivity contribution in [3.05, 3.63) is 41.9 Å². The van der Waals surface area contributed by atoms with Crippen LogP contribution in [0.4, 0.5) is 0 Å². The smallest absolute Gasteiger partial charge is 0.109 e. The lowest BCUT2D eigenvalue weighted by Crippen LogP contribution is -2.16. The quantitative estimate of drug-likeness (QED) is 0.807. The van der Waals surface area contributed by atoms with Gasteiger partial charge in [-0.25, -0.2) is 4.98 Å². The molecular weight excluding hydrogens is 232 g/mol. The SMILES string of the molecule is CCCc1ccc(-c2cn3c(n2)CC(C)CC3)cc1. The van der Waals surface area contributed by atoms with Crippen LogP contribution in [0.1, 0.15) is 38.1 Å². The molecule has 2 heteroatoms. The lowest BCUT2D eigenvalue weighted by atomic mass is 10.0. The highest BCUT2D eigenvalue weighted by atomic mass is 15.1. The van der Waals surface area contributed by atoms with Crippen molar-refractivity contribution in [1.82, 2.24) is 9.55 Å². The summed E-state index contributed by atoms with van der Waals surface area (Å²) in [5.41, 5.74) is 3.80. The maximum absolute atomic E-state index is 4.81. The zero-order valence-electron chi connectivity index (χ0n) is 11.9. The first kappa shape index (κ1) is 12.5. The van der Waals surface area contributed by atoms with Gasteiger partial charge in [0.05, 0.1) is 5.69 Å². The normalized spacial score (nSPS) is 18.3. The summed E-state index contributed by atoms with van der Waals surface area (Å²) in [6.07, 6.45) is 6.98. The molecule has 0 N–H and O–H groups in total. The first-order valence-electron chi connectivity index (χ1n) is 7.41. The third kappa shape index (κ3) is 2.58. The fourth-order valence-electron chi connectivity index (χ4n) is 2.85. The molecule has 2 aromatic rings. The second-order valence-electron chi connectivity index (χ2n) is 5.78. The zero-order chi connectivity index (χ0) is 13.2. The van der Waals surface area contributed by atoms with Crippen molar-refractivity contribution >= 4 is 0 Å². The van der Waals surface area contributed by atoms with E-state index in [4.69, 9.17) is 4.98 Å². The molecule has 2 heterocycles. The number of benzene rings is 1. The topological polar surface area (TPSA) is 17.8 Å². The number of nitrogens with zero attached hydrogens (tertiary/aromatic N) is 2. The standard InChI is InChI=1S/C17H22N2/c1-3-4-14-5-7-15(8-6-14)16-12-19-10-9-13(2)11-17(19)18-16/h5-8,12-13H,3-4,9-11H2,1-2H3. The third-order valence-electron chi connectivity index (χ3n) is 4.04. The monoisotopic (exact) mass is 254 g/mol. The van der Waals surface area contributed by atoms with Crippen LogP contribution in [-0.4, -0.2) is 9.55 Å². The summed E-state index contributed by atoms with van der Waals surface area (Å²) in [7, 11) is 0. The summed E-state index contributed by atoms with van der Waals surface area (Å²) < 4.78 is 2.33. The molecule has 0 bridgehead atoms. The fourth-order valence-corrected chi connectivity index (χ4v) is 2.85. The maximum Gasteiger partial charge on any atom is 0.109 e. The van der Waals surface area contributed by atoms with Crippen molar-refractivity contribution in [1.29, 1.82) is 0 Å². The van der Waals surface area contributed by atoms with Crippen LogP contribution in [0.3, 0.4) is 0 Å². The van der Waals surface area contributed by atoms with Gasteiger partial charge < -0.3 is 4.57 Å². The van der Waals surface area contributed by atoms with Crippen molar-refractivity contribution in [2.75, 3.05) is 0 Å². The summed E-state index contributed by atoms with van der Waals surface area (Å²) in [4.78, 5) is 4.81. The van der Waals surface area contributed by atoms with Crippen LogP contribution in [0.15, 0.2) is 30.5 Å². The summed E-state index contributed by atoms with van der Waals surface area (Å²) in [6.45, 7) is 5.66. The van der Waals surface area contributed by atoms with Crippen molar-refractivity contribution in [2.24, 2.45) is 5.92 Å².